The summed E-state index contributed by atoms with van der Waals surface area (Å²) in [6.45, 7) is 5.81. The molecule has 0 bridgehead atoms. The number of hydrogen-bond acceptors (Lipinski definition) is 4. The van der Waals surface area contributed by atoms with E-state index in [-0.39, 0.29) is 23.2 Å². The van der Waals surface area contributed by atoms with Crippen LogP contribution in [0.25, 0.3) is 0 Å². The van der Waals surface area contributed by atoms with Gasteiger partial charge >= 0.3 is 5.97 Å². The molecule has 2 aliphatic rings. The zero-order chi connectivity index (χ0) is 14.8. The summed E-state index contributed by atoms with van der Waals surface area (Å²) in [7, 11) is 1.37. The van der Waals surface area contributed by atoms with Crippen molar-refractivity contribution in [1.29, 1.82) is 0 Å². The molecule has 0 aromatic heterocycles. The van der Waals surface area contributed by atoms with Gasteiger partial charge in [-0.1, -0.05) is 13.8 Å². The van der Waals surface area contributed by atoms with Gasteiger partial charge < -0.3 is 15.4 Å². The van der Waals surface area contributed by atoms with Crippen LogP contribution in [-0.4, -0.2) is 37.6 Å². The first-order chi connectivity index (χ1) is 9.53. The van der Waals surface area contributed by atoms with E-state index in [0.717, 1.165) is 32.4 Å². The quantitative estimate of drug-likeness (QED) is 0.744. The zero-order valence-corrected chi connectivity index (χ0v) is 12.8. The van der Waals surface area contributed by atoms with E-state index in [0.29, 0.717) is 12.8 Å². The van der Waals surface area contributed by atoms with Crippen LogP contribution in [0.3, 0.4) is 0 Å². The molecule has 0 aromatic carbocycles. The first-order valence-electron chi connectivity index (χ1n) is 7.65. The Morgan fingerprint density at radius 1 is 1.30 bits per heavy atom. The molecule has 1 spiro atoms. The van der Waals surface area contributed by atoms with Crippen LogP contribution in [-0.2, 0) is 14.3 Å². The number of amides is 1. The van der Waals surface area contributed by atoms with Crippen molar-refractivity contribution in [1.82, 2.24) is 10.6 Å². The van der Waals surface area contributed by atoms with Crippen molar-refractivity contribution in [2.45, 2.75) is 51.5 Å². The van der Waals surface area contributed by atoms with Gasteiger partial charge in [0, 0.05) is 5.92 Å². The van der Waals surface area contributed by atoms with Crippen LogP contribution in [0.5, 0.6) is 0 Å². The Labute approximate surface area is 120 Å². The molecule has 20 heavy (non-hydrogen) atoms. The zero-order valence-electron chi connectivity index (χ0n) is 12.8. The highest BCUT2D eigenvalue weighted by molar-refractivity contribution is 5.90. The van der Waals surface area contributed by atoms with Gasteiger partial charge in [0.15, 0.2) is 0 Å². The van der Waals surface area contributed by atoms with Gasteiger partial charge in [-0.25, -0.2) is 4.79 Å². The van der Waals surface area contributed by atoms with Gasteiger partial charge in [0.2, 0.25) is 5.91 Å². The van der Waals surface area contributed by atoms with Crippen LogP contribution < -0.4 is 10.6 Å². The maximum atomic E-state index is 12.5. The molecule has 114 valence electrons. The third-order valence-corrected chi connectivity index (χ3v) is 5.25. The predicted molar refractivity (Wildman–Crippen MR) is 76.1 cm³/mol. The van der Waals surface area contributed by atoms with Crippen molar-refractivity contribution < 1.29 is 14.3 Å². The van der Waals surface area contributed by atoms with E-state index in [9.17, 15) is 9.59 Å². The molecule has 2 rings (SSSR count). The molecule has 5 nitrogen and oxygen atoms in total. The standard InChI is InChI=1S/C15H26N2O3/c1-4-15(5-2,13(19)20-3)17-12(18)11-10-14(11)6-8-16-9-7-14/h11,16H,4-10H2,1-3H3,(H,17,18). The summed E-state index contributed by atoms with van der Waals surface area (Å²) in [5, 5.41) is 6.31. The van der Waals surface area contributed by atoms with Gasteiger partial charge in [0.25, 0.3) is 0 Å². The topological polar surface area (TPSA) is 67.4 Å². The minimum absolute atomic E-state index is 0.0287. The molecule has 1 unspecified atom stereocenters. The van der Waals surface area contributed by atoms with Gasteiger partial charge in [-0.05, 0) is 50.6 Å². The van der Waals surface area contributed by atoms with Crippen LogP contribution in [0, 0.1) is 11.3 Å². The number of piperidine rings is 1. The molecule has 1 heterocycles. The monoisotopic (exact) mass is 282 g/mol. The lowest BCUT2D eigenvalue weighted by atomic mass is 9.89. The predicted octanol–water partition coefficient (Wildman–Crippen LogP) is 1.22. The highest BCUT2D eigenvalue weighted by Gasteiger charge is 2.58. The van der Waals surface area contributed by atoms with E-state index in [1.807, 2.05) is 13.8 Å². The summed E-state index contributed by atoms with van der Waals surface area (Å²) in [5.74, 6) is -0.233. The number of nitrogens with one attached hydrogen (secondary N) is 2. The first-order valence-corrected chi connectivity index (χ1v) is 7.65. The van der Waals surface area contributed by atoms with Gasteiger partial charge in [0.1, 0.15) is 5.54 Å². The molecule has 0 aromatic rings. The molecule has 2 N–H and O–H groups in total. The van der Waals surface area contributed by atoms with E-state index in [2.05, 4.69) is 10.6 Å². The van der Waals surface area contributed by atoms with Crippen molar-refractivity contribution in [2.24, 2.45) is 11.3 Å². The third kappa shape index (κ3) is 2.55. The number of esters is 1. The Morgan fingerprint density at radius 3 is 2.40 bits per heavy atom. The van der Waals surface area contributed by atoms with Crippen LogP contribution in [0.1, 0.15) is 46.0 Å². The van der Waals surface area contributed by atoms with Crippen molar-refractivity contribution in [3.05, 3.63) is 0 Å². The van der Waals surface area contributed by atoms with E-state index in [4.69, 9.17) is 4.74 Å². The van der Waals surface area contributed by atoms with Crippen LogP contribution in [0.4, 0.5) is 0 Å². The fourth-order valence-corrected chi connectivity index (χ4v) is 3.48. The second kappa shape index (κ2) is 5.72. The average molecular weight is 282 g/mol. The average Bonchev–Trinajstić information content (AvgIpc) is 3.18. The summed E-state index contributed by atoms with van der Waals surface area (Å²) in [6, 6.07) is 0. The third-order valence-electron chi connectivity index (χ3n) is 5.25. The summed E-state index contributed by atoms with van der Waals surface area (Å²) in [5.41, 5.74) is -0.665. The first kappa shape index (κ1) is 15.3. The van der Waals surface area contributed by atoms with Crippen molar-refractivity contribution in [3.63, 3.8) is 0 Å². The Balaban J connectivity index is 2.01. The SMILES string of the molecule is CCC(CC)(NC(=O)C1CC12CCNCC2)C(=O)OC. The molecule has 2 fully saturated rings. The molecule has 1 atom stereocenters. The number of rotatable bonds is 5. The van der Waals surface area contributed by atoms with Crippen LogP contribution >= 0.6 is 0 Å². The fraction of sp³-hybridized carbons (Fsp3) is 0.867. The number of methoxy groups -OCH3 is 1. The molecular weight excluding hydrogens is 256 g/mol. The summed E-state index contributed by atoms with van der Waals surface area (Å²) >= 11 is 0. The van der Waals surface area contributed by atoms with Gasteiger partial charge in [-0.15, -0.1) is 0 Å². The van der Waals surface area contributed by atoms with E-state index < -0.39 is 5.54 Å². The van der Waals surface area contributed by atoms with Gasteiger partial charge in [-0.3, -0.25) is 4.79 Å². The molecule has 5 heteroatoms. The molecule has 1 aliphatic heterocycles. The maximum Gasteiger partial charge on any atom is 0.331 e. The van der Waals surface area contributed by atoms with E-state index >= 15 is 0 Å². The molecular formula is C15H26N2O3. The van der Waals surface area contributed by atoms with Crippen molar-refractivity contribution >= 4 is 11.9 Å². The van der Waals surface area contributed by atoms with E-state index in [1.54, 1.807) is 0 Å². The summed E-state index contributed by atoms with van der Waals surface area (Å²) < 4.78 is 4.87. The van der Waals surface area contributed by atoms with E-state index in [1.165, 1.54) is 7.11 Å². The number of carbonyl (C=O) groups is 2. The number of ether oxygens (including phenoxy) is 1. The Bertz CT molecular complexity index is 385. The Kier molecular flexibility index (Phi) is 4.37. The second-order valence-corrected chi connectivity index (χ2v) is 6.14. The lowest BCUT2D eigenvalue weighted by Crippen LogP contribution is -2.55. The van der Waals surface area contributed by atoms with Gasteiger partial charge in [0.05, 0.1) is 7.11 Å². The minimum atomic E-state index is -0.859. The lowest BCUT2D eigenvalue weighted by Gasteiger charge is -2.31. The molecule has 1 aliphatic carbocycles. The maximum absolute atomic E-state index is 12.5. The summed E-state index contributed by atoms with van der Waals surface area (Å²) in [6.07, 6.45) is 4.21. The molecule has 1 amide bonds. The molecule has 1 saturated heterocycles. The smallest absolute Gasteiger partial charge is 0.331 e. The Hall–Kier alpha value is -1.10. The molecule has 1 saturated carbocycles. The van der Waals surface area contributed by atoms with Crippen LogP contribution in [0.15, 0.2) is 0 Å². The van der Waals surface area contributed by atoms with Crippen molar-refractivity contribution in [3.8, 4) is 0 Å². The number of carbonyl (C=O) groups excluding carboxylic acids is 2. The fourth-order valence-electron chi connectivity index (χ4n) is 3.48. The van der Waals surface area contributed by atoms with Crippen molar-refractivity contribution in [2.75, 3.05) is 20.2 Å². The molecule has 0 radical (unpaired) electrons. The summed E-state index contributed by atoms with van der Waals surface area (Å²) in [4.78, 5) is 24.5. The van der Waals surface area contributed by atoms with Gasteiger partial charge in [-0.2, -0.15) is 0 Å². The Morgan fingerprint density at radius 2 is 1.90 bits per heavy atom. The highest BCUT2D eigenvalue weighted by Crippen LogP contribution is 2.58. The second-order valence-electron chi connectivity index (χ2n) is 6.14. The highest BCUT2D eigenvalue weighted by atomic mass is 16.5. The normalized spacial score (nSPS) is 24.2. The number of hydrogen-bond donors (Lipinski definition) is 2. The lowest BCUT2D eigenvalue weighted by molar-refractivity contribution is -0.151. The minimum Gasteiger partial charge on any atom is -0.467 e. The van der Waals surface area contributed by atoms with Crippen LogP contribution in [0.2, 0.25) is 0 Å². The largest absolute Gasteiger partial charge is 0.467 e.